The van der Waals surface area contributed by atoms with E-state index in [0.29, 0.717) is 13.2 Å². The fourth-order valence-electron chi connectivity index (χ4n) is 4.64. The number of hydrogen-bond acceptors (Lipinski definition) is 6. The van der Waals surface area contributed by atoms with Gasteiger partial charge < -0.3 is 19.1 Å². The number of methoxy groups -OCH3 is 1. The van der Waals surface area contributed by atoms with E-state index < -0.39 is 0 Å². The number of thioether (sulfide) groups is 1. The number of fused-ring (bicyclic) bond motifs is 1. The van der Waals surface area contributed by atoms with Gasteiger partial charge in [-0.3, -0.25) is 0 Å². The van der Waals surface area contributed by atoms with Gasteiger partial charge in [0.25, 0.3) is 0 Å². The van der Waals surface area contributed by atoms with Crippen LogP contribution < -0.4 is 9.64 Å². The van der Waals surface area contributed by atoms with Crippen LogP contribution in [0.25, 0.3) is 16.8 Å². The molecule has 1 aromatic carbocycles. The quantitative estimate of drug-likeness (QED) is 0.451. The molecule has 0 N–H and O–H groups in total. The maximum Gasteiger partial charge on any atom is 0.175 e. The predicted molar refractivity (Wildman–Crippen MR) is 129 cm³/mol. The highest BCUT2D eigenvalue weighted by Gasteiger charge is 2.31. The summed E-state index contributed by atoms with van der Waals surface area (Å²) in [7, 11) is 1.73. The van der Waals surface area contributed by atoms with E-state index in [-0.39, 0.29) is 6.29 Å². The minimum atomic E-state index is -0.180. The number of nitrogens with zero attached hydrogens (tertiary/aromatic N) is 3. The van der Waals surface area contributed by atoms with Crippen LogP contribution >= 0.6 is 11.8 Å². The van der Waals surface area contributed by atoms with Crippen molar-refractivity contribution in [2.75, 3.05) is 44.6 Å². The molecule has 0 radical (unpaired) electrons. The van der Waals surface area contributed by atoms with Crippen LogP contribution in [0.15, 0.2) is 35.4 Å². The molecule has 1 aliphatic heterocycles. The first-order valence-corrected chi connectivity index (χ1v) is 12.5. The van der Waals surface area contributed by atoms with E-state index in [1.54, 1.807) is 18.9 Å². The van der Waals surface area contributed by atoms with Crippen molar-refractivity contribution >= 4 is 23.0 Å². The molecule has 0 unspecified atom stereocenters. The average Bonchev–Trinajstić information content (AvgIpc) is 3.29. The van der Waals surface area contributed by atoms with Crippen LogP contribution in [0, 0.1) is 19.8 Å². The molecule has 3 aromatic rings. The van der Waals surface area contributed by atoms with Crippen LogP contribution in [0.3, 0.4) is 0 Å². The van der Waals surface area contributed by atoms with Gasteiger partial charge in [-0.25, -0.2) is 4.52 Å². The number of ether oxygens (including phenoxy) is 3. The third kappa shape index (κ3) is 4.09. The Morgan fingerprint density at radius 2 is 1.94 bits per heavy atom. The summed E-state index contributed by atoms with van der Waals surface area (Å²) in [5.74, 6) is 1.61. The SMILES string of the molecule is COc1cc(C)cc(C)c1-c1cccc2c(N(CC3CC3)CC3OCCO3)c(SC)nn12. The lowest BCUT2D eigenvalue weighted by atomic mass is 10.0. The molecule has 5 rings (SSSR count). The van der Waals surface area contributed by atoms with Crippen LogP contribution in [0.5, 0.6) is 5.75 Å². The molecule has 32 heavy (non-hydrogen) atoms. The van der Waals surface area contributed by atoms with Crippen LogP contribution in [0.1, 0.15) is 24.0 Å². The lowest BCUT2D eigenvalue weighted by Gasteiger charge is -2.27. The average molecular weight is 454 g/mol. The van der Waals surface area contributed by atoms with Gasteiger partial charge in [-0.05, 0) is 68.2 Å². The Morgan fingerprint density at radius 3 is 2.62 bits per heavy atom. The Bertz CT molecular complexity index is 1120. The summed E-state index contributed by atoms with van der Waals surface area (Å²) in [4.78, 5) is 2.44. The summed E-state index contributed by atoms with van der Waals surface area (Å²) in [6, 6.07) is 10.7. The molecule has 6 nitrogen and oxygen atoms in total. The first-order valence-electron chi connectivity index (χ1n) is 11.3. The highest BCUT2D eigenvalue weighted by molar-refractivity contribution is 7.98. The van der Waals surface area contributed by atoms with Gasteiger partial charge in [0.2, 0.25) is 0 Å². The lowest BCUT2D eigenvalue weighted by Crippen LogP contribution is -2.35. The van der Waals surface area contributed by atoms with E-state index in [0.717, 1.165) is 46.6 Å². The Hall–Kier alpha value is -2.22. The molecular weight excluding hydrogens is 422 g/mol. The summed E-state index contributed by atoms with van der Waals surface area (Å²) in [6.45, 7) is 7.31. The highest BCUT2D eigenvalue weighted by atomic mass is 32.2. The van der Waals surface area contributed by atoms with Crippen molar-refractivity contribution in [3.63, 3.8) is 0 Å². The van der Waals surface area contributed by atoms with Crippen molar-refractivity contribution in [2.24, 2.45) is 5.92 Å². The van der Waals surface area contributed by atoms with Crippen molar-refractivity contribution in [1.29, 1.82) is 0 Å². The number of rotatable bonds is 8. The molecule has 1 saturated heterocycles. The number of benzene rings is 1. The van der Waals surface area contributed by atoms with Crippen LogP contribution in [0.2, 0.25) is 0 Å². The fourth-order valence-corrected chi connectivity index (χ4v) is 5.23. The van der Waals surface area contributed by atoms with Crippen molar-refractivity contribution in [3.8, 4) is 17.0 Å². The molecule has 7 heteroatoms. The van der Waals surface area contributed by atoms with Crippen molar-refractivity contribution in [2.45, 2.75) is 38.0 Å². The third-order valence-electron chi connectivity index (χ3n) is 6.27. The van der Waals surface area contributed by atoms with Crippen molar-refractivity contribution in [3.05, 3.63) is 41.5 Å². The molecule has 2 aromatic heterocycles. The summed E-state index contributed by atoms with van der Waals surface area (Å²) in [5, 5.41) is 6.10. The Balaban J connectivity index is 1.65. The molecule has 3 heterocycles. The zero-order valence-electron chi connectivity index (χ0n) is 19.3. The standard InChI is InChI=1S/C25H31N3O3S/c1-16-12-17(2)23(21(13-16)29-3)19-6-5-7-20-24(25(32-4)26-28(19)20)27(14-18-8-9-18)15-22-30-10-11-31-22/h5-7,12-13,18,22H,8-11,14-15H2,1-4H3. The molecule has 0 atom stereocenters. The molecule has 0 amide bonds. The molecule has 0 bridgehead atoms. The van der Waals surface area contributed by atoms with E-state index >= 15 is 0 Å². The zero-order valence-corrected chi connectivity index (χ0v) is 20.1. The Morgan fingerprint density at radius 1 is 1.16 bits per heavy atom. The second-order valence-electron chi connectivity index (χ2n) is 8.74. The first kappa shape index (κ1) is 21.6. The van der Waals surface area contributed by atoms with Gasteiger partial charge in [-0.1, -0.05) is 12.1 Å². The molecule has 0 spiro atoms. The number of hydrogen-bond donors (Lipinski definition) is 0. The summed E-state index contributed by atoms with van der Waals surface area (Å²) in [6.07, 6.45) is 4.50. The molecule has 1 saturated carbocycles. The topological polar surface area (TPSA) is 48.2 Å². The number of pyridine rings is 1. The molecule has 2 fully saturated rings. The first-order chi connectivity index (χ1) is 15.6. The van der Waals surface area contributed by atoms with Crippen LogP contribution in [-0.4, -0.2) is 55.6 Å². The predicted octanol–water partition coefficient (Wildman–Crippen LogP) is 4.94. The van der Waals surface area contributed by atoms with Crippen molar-refractivity contribution < 1.29 is 14.2 Å². The monoisotopic (exact) mass is 453 g/mol. The van der Waals surface area contributed by atoms with E-state index in [4.69, 9.17) is 19.3 Å². The van der Waals surface area contributed by atoms with E-state index in [1.165, 1.54) is 29.7 Å². The smallest absolute Gasteiger partial charge is 0.175 e. The highest BCUT2D eigenvalue weighted by Crippen LogP contribution is 2.41. The molecular formula is C25H31N3O3S. The number of aromatic nitrogens is 2. The molecule has 2 aliphatic rings. The third-order valence-corrected chi connectivity index (χ3v) is 6.93. The van der Waals surface area contributed by atoms with E-state index in [9.17, 15) is 0 Å². The van der Waals surface area contributed by atoms with Gasteiger partial charge in [0.15, 0.2) is 6.29 Å². The van der Waals surface area contributed by atoms with Gasteiger partial charge in [0.05, 0.1) is 43.8 Å². The Kier molecular flexibility index (Phi) is 6.05. The molecule has 1 aliphatic carbocycles. The normalized spacial score (nSPS) is 16.8. The Labute approximate surface area is 193 Å². The van der Waals surface area contributed by atoms with E-state index in [2.05, 4.69) is 59.9 Å². The maximum atomic E-state index is 5.80. The van der Waals surface area contributed by atoms with Gasteiger partial charge in [0, 0.05) is 12.1 Å². The second kappa shape index (κ2) is 8.96. The number of aryl methyl sites for hydroxylation is 2. The van der Waals surface area contributed by atoms with Crippen molar-refractivity contribution in [1.82, 2.24) is 9.61 Å². The van der Waals surface area contributed by atoms with Crippen LogP contribution in [-0.2, 0) is 9.47 Å². The maximum absolute atomic E-state index is 5.80. The second-order valence-corrected chi connectivity index (χ2v) is 9.54. The number of anilines is 1. The fraction of sp³-hybridized carbons (Fsp3) is 0.480. The minimum absolute atomic E-state index is 0.180. The summed E-state index contributed by atoms with van der Waals surface area (Å²) >= 11 is 1.69. The van der Waals surface area contributed by atoms with Gasteiger partial charge >= 0.3 is 0 Å². The van der Waals surface area contributed by atoms with Crippen LogP contribution in [0.4, 0.5) is 5.69 Å². The van der Waals surface area contributed by atoms with Gasteiger partial charge in [-0.2, -0.15) is 5.10 Å². The lowest BCUT2D eigenvalue weighted by molar-refractivity contribution is -0.0344. The van der Waals surface area contributed by atoms with Gasteiger partial charge in [0.1, 0.15) is 10.8 Å². The van der Waals surface area contributed by atoms with Gasteiger partial charge in [-0.15, -0.1) is 11.8 Å². The zero-order chi connectivity index (χ0) is 22.2. The minimum Gasteiger partial charge on any atom is -0.496 e. The summed E-state index contributed by atoms with van der Waals surface area (Å²) < 4.78 is 19.5. The molecule has 170 valence electrons. The largest absolute Gasteiger partial charge is 0.496 e. The van der Waals surface area contributed by atoms with E-state index in [1.807, 2.05) is 0 Å². The summed E-state index contributed by atoms with van der Waals surface area (Å²) in [5.41, 5.74) is 6.77.